The number of amides is 1. The van der Waals surface area contributed by atoms with Gasteiger partial charge in [0.2, 0.25) is 11.8 Å². The number of carbonyl (C=O) groups is 2. The standard InChI is InChI=1S/C18H23N3O5/c1-12(2)18-19-15(26-20-18)8-9-16(22)21(3)10-13-4-6-14(7-5-13)25-11-17(23)24/h4-7,12H,8-11H2,1-3H3,(H,23,24). The van der Waals surface area contributed by atoms with Crippen molar-refractivity contribution in [1.82, 2.24) is 15.0 Å². The number of carboxylic acids is 1. The minimum absolute atomic E-state index is 0.0273. The van der Waals surface area contributed by atoms with E-state index < -0.39 is 5.97 Å². The molecule has 1 N–H and O–H groups in total. The molecule has 0 spiro atoms. The van der Waals surface area contributed by atoms with Gasteiger partial charge in [0, 0.05) is 32.4 Å². The predicted octanol–water partition coefficient (Wildman–Crippen LogP) is 2.25. The molecule has 1 aromatic carbocycles. The van der Waals surface area contributed by atoms with Gasteiger partial charge >= 0.3 is 5.97 Å². The van der Waals surface area contributed by atoms with Crippen molar-refractivity contribution in [1.29, 1.82) is 0 Å². The van der Waals surface area contributed by atoms with E-state index in [1.807, 2.05) is 13.8 Å². The molecule has 8 nitrogen and oxygen atoms in total. The summed E-state index contributed by atoms with van der Waals surface area (Å²) in [4.78, 5) is 28.6. The zero-order valence-corrected chi connectivity index (χ0v) is 15.1. The molecule has 0 fully saturated rings. The molecule has 0 unspecified atom stereocenters. The van der Waals surface area contributed by atoms with Gasteiger partial charge in [-0.3, -0.25) is 4.79 Å². The predicted molar refractivity (Wildman–Crippen MR) is 92.8 cm³/mol. The number of aryl methyl sites for hydroxylation is 1. The fourth-order valence-electron chi connectivity index (χ4n) is 2.21. The van der Waals surface area contributed by atoms with E-state index in [1.54, 1.807) is 36.2 Å². The fourth-order valence-corrected chi connectivity index (χ4v) is 2.21. The molecule has 0 aliphatic rings. The molecule has 0 bridgehead atoms. The van der Waals surface area contributed by atoms with E-state index in [-0.39, 0.29) is 24.9 Å². The first-order valence-corrected chi connectivity index (χ1v) is 8.35. The minimum atomic E-state index is -1.03. The van der Waals surface area contributed by atoms with Crippen molar-refractivity contribution in [2.24, 2.45) is 0 Å². The Labute approximate surface area is 151 Å². The number of hydrogen-bond donors (Lipinski definition) is 1. The number of aromatic nitrogens is 2. The van der Waals surface area contributed by atoms with Gasteiger partial charge in [-0.2, -0.15) is 4.98 Å². The Bertz CT molecular complexity index is 740. The van der Waals surface area contributed by atoms with Crippen molar-refractivity contribution >= 4 is 11.9 Å². The summed E-state index contributed by atoms with van der Waals surface area (Å²) in [6.45, 7) is 4.02. The average Bonchev–Trinajstić information content (AvgIpc) is 3.08. The van der Waals surface area contributed by atoms with Gasteiger partial charge in [0.05, 0.1) is 0 Å². The van der Waals surface area contributed by atoms with Crippen LogP contribution in [0.3, 0.4) is 0 Å². The highest BCUT2D eigenvalue weighted by atomic mass is 16.5. The molecule has 140 valence electrons. The van der Waals surface area contributed by atoms with Crippen molar-refractivity contribution in [3.63, 3.8) is 0 Å². The maximum atomic E-state index is 12.3. The first-order chi connectivity index (χ1) is 12.3. The Hall–Kier alpha value is -2.90. The molecule has 1 aromatic heterocycles. The van der Waals surface area contributed by atoms with Crippen LogP contribution in [0.5, 0.6) is 5.75 Å². The zero-order valence-electron chi connectivity index (χ0n) is 15.1. The SMILES string of the molecule is CC(C)c1noc(CCC(=O)N(C)Cc2ccc(OCC(=O)O)cc2)n1. The highest BCUT2D eigenvalue weighted by molar-refractivity contribution is 5.76. The number of aliphatic carboxylic acids is 1. The van der Waals surface area contributed by atoms with Crippen LogP contribution in [-0.2, 0) is 22.6 Å². The molecule has 8 heteroatoms. The van der Waals surface area contributed by atoms with E-state index in [2.05, 4.69) is 10.1 Å². The first-order valence-electron chi connectivity index (χ1n) is 8.35. The number of nitrogens with zero attached hydrogens (tertiary/aromatic N) is 3. The smallest absolute Gasteiger partial charge is 0.341 e. The van der Waals surface area contributed by atoms with Crippen molar-refractivity contribution < 1.29 is 24.0 Å². The molecule has 1 heterocycles. The summed E-state index contributed by atoms with van der Waals surface area (Å²) in [5.74, 6) is 0.721. The summed E-state index contributed by atoms with van der Waals surface area (Å²) in [5.41, 5.74) is 0.920. The molecule has 0 radical (unpaired) electrons. The largest absolute Gasteiger partial charge is 0.482 e. The molecule has 0 aliphatic carbocycles. The van der Waals surface area contributed by atoms with Gasteiger partial charge < -0.3 is 19.3 Å². The van der Waals surface area contributed by atoms with Gasteiger partial charge in [0.1, 0.15) is 5.75 Å². The number of ether oxygens (including phenoxy) is 1. The van der Waals surface area contributed by atoms with E-state index in [9.17, 15) is 9.59 Å². The summed E-state index contributed by atoms with van der Waals surface area (Å²) in [6, 6.07) is 6.96. The topological polar surface area (TPSA) is 106 Å². The van der Waals surface area contributed by atoms with Gasteiger partial charge in [0.25, 0.3) is 0 Å². The first kappa shape index (κ1) is 19.4. The third kappa shape index (κ3) is 5.87. The van der Waals surface area contributed by atoms with E-state index in [0.717, 1.165) is 5.56 Å². The Morgan fingerprint density at radius 3 is 2.54 bits per heavy atom. The molecule has 26 heavy (non-hydrogen) atoms. The van der Waals surface area contributed by atoms with Crippen molar-refractivity contribution in [2.75, 3.05) is 13.7 Å². The molecule has 2 aromatic rings. The Morgan fingerprint density at radius 2 is 1.96 bits per heavy atom. The van der Waals surface area contributed by atoms with Gasteiger partial charge in [-0.05, 0) is 17.7 Å². The van der Waals surface area contributed by atoms with Crippen LogP contribution in [-0.4, -0.2) is 45.7 Å². The third-order valence-corrected chi connectivity index (χ3v) is 3.68. The highest BCUT2D eigenvalue weighted by Crippen LogP contribution is 2.14. The van der Waals surface area contributed by atoms with Crippen LogP contribution in [0.25, 0.3) is 0 Å². The Balaban J connectivity index is 1.81. The lowest BCUT2D eigenvalue weighted by Crippen LogP contribution is -2.26. The maximum Gasteiger partial charge on any atom is 0.341 e. The second-order valence-electron chi connectivity index (χ2n) is 6.28. The molecular formula is C18H23N3O5. The van der Waals surface area contributed by atoms with Crippen molar-refractivity contribution in [2.45, 2.75) is 39.2 Å². The summed E-state index contributed by atoms with van der Waals surface area (Å²) >= 11 is 0. The van der Waals surface area contributed by atoms with Gasteiger partial charge in [0.15, 0.2) is 12.4 Å². The number of rotatable bonds is 9. The molecular weight excluding hydrogens is 338 g/mol. The monoisotopic (exact) mass is 361 g/mol. The van der Waals surface area contributed by atoms with Crippen LogP contribution in [0.1, 0.15) is 43.5 Å². The maximum absolute atomic E-state index is 12.3. The number of carboxylic acid groups (broad SMARTS) is 1. The molecule has 0 aliphatic heterocycles. The summed E-state index contributed by atoms with van der Waals surface area (Å²) < 4.78 is 10.2. The van der Waals surface area contributed by atoms with Crippen LogP contribution in [0.15, 0.2) is 28.8 Å². The second kappa shape index (κ2) is 8.98. The van der Waals surface area contributed by atoms with Gasteiger partial charge in [-0.15, -0.1) is 0 Å². The Kier molecular flexibility index (Phi) is 6.71. The van der Waals surface area contributed by atoms with Gasteiger partial charge in [-0.1, -0.05) is 31.1 Å². The Morgan fingerprint density at radius 1 is 1.27 bits per heavy atom. The van der Waals surface area contributed by atoms with E-state index in [1.165, 1.54) is 0 Å². The molecule has 0 saturated carbocycles. The summed E-state index contributed by atoms with van der Waals surface area (Å²) in [6.07, 6.45) is 0.695. The minimum Gasteiger partial charge on any atom is -0.482 e. The lowest BCUT2D eigenvalue weighted by atomic mass is 10.2. The van der Waals surface area contributed by atoms with Crippen molar-refractivity contribution in [3.05, 3.63) is 41.5 Å². The van der Waals surface area contributed by atoms with Crippen LogP contribution in [0, 0.1) is 0 Å². The second-order valence-corrected chi connectivity index (χ2v) is 6.28. The molecule has 1 amide bonds. The van der Waals surface area contributed by atoms with E-state index in [4.69, 9.17) is 14.4 Å². The number of carbonyl (C=O) groups excluding carboxylic acids is 1. The molecule has 0 atom stereocenters. The number of benzene rings is 1. The summed E-state index contributed by atoms with van der Waals surface area (Å²) in [5, 5.41) is 12.5. The van der Waals surface area contributed by atoms with Crippen LogP contribution >= 0.6 is 0 Å². The van der Waals surface area contributed by atoms with Gasteiger partial charge in [-0.25, -0.2) is 4.79 Å². The van der Waals surface area contributed by atoms with Crippen molar-refractivity contribution in [3.8, 4) is 5.75 Å². The van der Waals surface area contributed by atoms with Crippen LogP contribution in [0.2, 0.25) is 0 Å². The zero-order chi connectivity index (χ0) is 19.1. The quantitative estimate of drug-likeness (QED) is 0.730. The van der Waals surface area contributed by atoms with E-state index in [0.29, 0.717) is 30.4 Å². The highest BCUT2D eigenvalue weighted by Gasteiger charge is 2.14. The lowest BCUT2D eigenvalue weighted by Gasteiger charge is -2.17. The average molecular weight is 361 g/mol. The normalized spacial score (nSPS) is 10.8. The molecule has 2 rings (SSSR count). The van der Waals surface area contributed by atoms with E-state index >= 15 is 0 Å². The number of hydrogen-bond acceptors (Lipinski definition) is 6. The fraction of sp³-hybridized carbons (Fsp3) is 0.444. The van der Waals surface area contributed by atoms with Crippen LogP contribution in [0.4, 0.5) is 0 Å². The third-order valence-electron chi connectivity index (χ3n) is 3.68. The van der Waals surface area contributed by atoms with Crippen LogP contribution < -0.4 is 4.74 Å². The summed E-state index contributed by atoms with van der Waals surface area (Å²) in [7, 11) is 1.73. The molecule has 0 saturated heterocycles. The lowest BCUT2D eigenvalue weighted by molar-refractivity contribution is -0.139.